The Kier molecular flexibility index (Phi) is 3.67. The molecule has 0 radical (unpaired) electrons. The van der Waals surface area contributed by atoms with Crippen LogP contribution in [0.5, 0.6) is 0 Å². The second-order valence-electron chi connectivity index (χ2n) is 5.21. The average molecular weight is 329 g/mol. The average Bonchev–Trinajstić information content (AvgIpc) is 3.16. The van der Waals surface area contributed by atoms with Crippen molar-refractivity contribution in [2.24, 2.45) is 0 Å². The van der Waals surface area contributed by atoms with E-state index in [1.807, 2.05) is 22.9 Å². The Hall–Kier alpha value is -1.73. The normalized spacial score (nSPS) is 14.4. The van der Waals surface area contributed by atoms with Crippen molar-refractivity contribution in [3.63, 3.8) is 0 Å². The third-order valence-corrected chi connectivity index (χ3v) is 5.14. The van der Waals surface area contributed by atoms with Crippen LogP contribution in [-0.2, 0) is 6.42 Å². The van der Waals surface area contributed by atoms with Crippen LogP contribution in [0.25, 0.3) is 5.69 Å². The molecule has 3 aromatic rings. The van der Waals surface area contributed by atoms with Crippen molar-refractivity contribution in [2.75, 3.05) is 0 Å². The monoisotopic (exact) mass is 329 g/mol. The maximum atomic E-state index is 4.73. The summed E-state index contributed by atoms with van der Waals surface area (Å²) in [5, 5.41) is 5.43. The van der Waals surface area contributed by atoms with E-state index in [9.17, 15) is 0 Å². The van der Waals surface area contributed by atoms with Crippen LogP contribution in [0.3, 0.4) is 0 Å². The zero-order chi connectivity index (χ0) is 14.9. The first kappa shape index (κ1) is 13.9. The minimum atomic E-state index is 0.544. The number of aryl methyl sites for hydroxylation is 1. The highest BCUT2D eigenvalue weighted by atomic mass is 32.2. The van der Waals surface area contributed by atoms with Crippen LogP contribution in [0.4, 0.5) is 0 Å². The lowest BCUT2D eigenvalue weighted by atomic mass is 10.3. The molecule has 2 heterocycles. The Morgan fingerprint density at radius 2 is 2.05 bits per heavy atom. The molecule has 0 N–H and O–H groups in total. The molecule has 1 aliphatic rings. The number of rotatable bonds is 5. The van der Waals surface area contributed by atoms with Gasteiger partial charge in [0.05, 0.1) is 5.69 Å². The molecule has 4 rings (SSSR count). The number of para-hydroxylation sites is 1. The molecule has 0 saturated heterocycles. The highest BCUT2D eigenvalue weighted by molar-refractivity contribution is 8.00. The van der Waals surface area contributed by atoms with Gasteiger partial charge in [-0.25, -0.2) is 14.6 Å². The molecule has 0 unspecified atom stereocenters. The summed E-state index contributed by atoms with van der Waals surface area (Å²) in [6.45, 7) is 2.06. The molecule has 0 spiro atoms. The molecule has 0 amide bonds. The highest BCUT2D eigenvalue weighted by Crippen LogP contribution is 2.41. The molecule has 0 bridgehead atoms. The maximum absolute atomic E-state index is 4.73. The quantitative estimate of drug-likeness (QED) is 0.714. The Labute approximate surface area is 137 Å². The van der Waals surface area contributed by atoms with Gasteiger partial charge in [0.25, 0.3) is 0 Å². The van der Waals surface area contributed by atoms with E-state index in [1.165, 1.54) is 36.1 Å². The molecular formula is C15H15N5S2. The van der Waals surface area contributed by atoms with E-state index in [2.05, 4.69) is 33.5 Å². The zero-order valence-electron chi connectivity index (χ0n) is 12.1. The van der Waals surface area contributed by atoms with Gasteiger partial charge in [-0.3, -0.25) is 0 Å². The van der Waals surface area contributed by atoms with Crippen molar-refractivity contribution in [1.82, 2.24) is 24.1 Å². The van der Waals surface area contributed by atoms with Crippen molar-refractivity contribution in [2.45, 2.75) is 41.6 Å². The summed E-state index contributed by atoms with van der Waals surface area (Å²) in [4.78, 5) is 9.21. The van der Waals surface area contributed by atoms with Gasteiger partial charge in [-0.2, -0.15) is 4.37 Å². The minimum Gasteiger partial charge on any atom is -0.216 e. The second-order valence-corrected chi connectivity index (χ2v) is 7.17. The SMILES string of the molecule is CCc1nsc(Sc2nc(C3CC3)n(-c3ccccc3)n2)n1. The molecule has 5 nitrogen and oxygen atoms in total. The largest absolute Gasteiger partial charge is 0.216 e. The fraction of sp³-hybridized carbons (Fsp3) is 0.333. The Morgan fingerprint density at radius 1 is 1.23 bits per heavy atom. The van der Waals surface area contributed by atoms with E-state index in [-0.39, 0.29) is 0 Å². The van der Waals surface area contributed by atoms with E-state index < -0.39 is 0 Å². The van der Waals surface area contributed by atoms with Crippen molar-refractivity contribution >= 4 is 23.3 Å². The van der Waals surface area contributed by atoms with E-state index in [1.54, 1.807) is 0 Å². The molecule has 1 aliphatic carbocycles. The standard InChI is InChI=1S/C15H15N5S2/c1-2-12-16-15(22-19-12)21-14-17-13(10-8-9-10)20(18-14)11-6-4-3-5-7-11/h3-7,10H,2,8-9H2,1H3. The van der Waals surface area contributed by atoms with E-state index in [0.29, 0.717) is 5.92 Å². The van der Waals surface area contributed by atoms with Gasteiger partial charge < -0.3 is 0 Å². The van der Waals surface area contributed by atoms with Crippen molar-refractivity contribution in [3.8, 4) is 5.69 Å². The van der Waals surface area contributed by atoms with Crippen molar-refractivity contribution < 1.29 is 0 Å². The lowest BCUT2D eigenvalue weighted by Gasteiger charge is -2.03. The van der Waals surface area contributed by atoms with Gasteiger partial charge in [0.15, 0.2) is 4.34 Å². The molecule has 22 heavy (non-hydrogen) atoms. The first-order valence-corrected chi connectivity index (χ1v) is 8.95. The summed E-state index contributed by atoms with van der Waals surface area (Å²) in [5.74, 6) is 2.49. The lowest BCUT2D eigenvalue weighted by molar-refractivity contribution is 0.782. The van der Waals surface area contributed by atoms with Gasteiger partial charge in [-0.05, 0) is 48.3 Å². The fourth-order valence-corrected chi connectivity index (χ4v) is 3.77. The fourth-order valence-electron chi connectivity index (χ4n) is 2.21. The number of hydrogen-bond donors (Lipinski definition) is 0. The molecule has 1 saturated carbocycles. The van der Waals surface area contributed by atoms with E-state index >= 15 is 0 Å². The third kappa shape index (κ3) is 2.78. The zero-order valence-corrected chi connectivity index (χ0v) is 13.8. The van der Waals surface area contributed by atoms with Gasteiger partial charge in [-0.1, -0.05) is 25.1 Å². The van der Waals surface area contributed by atoms with Gasteiger partial charge in [0.1, 0.15) is 11.6 Å². The summed E-state index contributed by atoms with van der Waals surface area (Å²) in [7, 11) is 0. The predicted molar refractivity (Wildman–Crippen MR) is 86.7 cm³/mol. The summed E-state index contributed by atoms with van der Waals surface area (Å²) in [6, 6.07) is 10.2. The Morgan fingerprint density at radius 3 is 2.73 bits per heavy atom. The molecule has 0 aliphatic heterocycles. The molecule has 7 heteroatoms. The second kappa shape index (κ2) is 5.81. The topological polar surface area (TPSA) is 56.5 Å². The number of aromatic nitrogens is 5. The number of nitrogens with zero attached hydrogens (tertiary/aromatic N) is 5. The van der Waals surface area contributed by atoms with Gasteiger partial charge in [-0.15, -0.1) is 5.10 Å². The smallest absolute Gasteiger partial charge is 0.216 e. The summed E-state index contributed by atoms with van der Waals surface area (Å²) < 4.78 is 7.19. The first-order valence-electron chi connectivity index (χ1n) is 7.36. The van der Waals surface area contributed by atoms with Gasteiger partial charge >= 0.3 is 0 Å². The lowest BCUT2D eigenvalue weighted by Crippen LogP contribution is -2.01. The van der Waals surface area contributed by atoms with Crippen LogP contribution in [0.1, 0.15) is 37.3 Å². The molecule has 112 valence electrons. The Balaban J connectivity index is 1.66. The summed E-state index contributed by atoms with van der Waals surface area (Å²) >= 11 is 2.92. The van der Waals surface area contributed by atoms with Crippen LogP contribution in [0.2, 0.25) is 0 Å². The molecule has 2 aromatic heterocycles. The van der Waals surface area contributed by atoms with Crippen molar-refractivity contribution in [1.29, 1.82) is 0 Å². The first-order chi connectivity index (χ1) is 10.8. The van der Waals surface area contributed by atoms with E-state index in [4.69, 9.17) is 4.98 Å². The molecule has 1 fully saturated rings. The minimum absolute atomic E-state index is 0.544. The van der Waals surface area contributed by atoms with Gasteiger partial charge in [0, 0.05) is 12.3 Å². The Bertz CT molecular complexity index is 776. The van der Waals surface area contributed by atoms with Crippen LogP contribution >= 0.6 is 23.3 Å². The molecular weight excluding hydrogens is 314 g/mol. The van der Waals surface area contributed by atoms with Crippen LogP contribution in [0, 0.1) is 0 Å². The van der Waals surface area contributed by atoms with E-state index in [0.717, 1.165) is 33.3 Å². The van der Waals surface area contributed by atoms with Crippen LogP contribution in [-0.4, -0.2) is 24.1 Å². The number of benzene rings is 1. The highest BCUT2D eigenvalue weighted by Gasteiger charge is 2.30. The molecule has 1 aromatic carbocycles. The van der Waals surface area contributed by atoms with Crippen LogP contribution < -0.4 is 0 Å². The summed E-state index contributed by atoms with van der Waals surface area (Å²) in [5.41, 5.74) is 1.07. The number of hydrogen-bond acceptors (Lipinski definition) is 6. The summed E-state index contributed by atoms with van der Waals surface area (Å²) in [6.07, 6.45) is 3.26. The van der Waals surface area contributed by atoms with Crippen LogP contribution in [0.15, 0.2) is 39.8 Å². The van der Waals surface area contributed by atoms with Crippen molar-refractivity contribution in [3.05, 3.63) is 42.0 Å². The third-order valence-electron chi connectivity index (χ3n) is 3.50. The predicted octanol–water partition coefficient (Wildman–Crippen LogP) is 3.71. The molecule has 0 atom stereocenters. The maximum Gasteiger partial charge on any atom is 0.216 e. The van der Waals surface area contributed by atoms with Gasteiger partial charge in [0.2, 0.25) is 5.16 Å².